The van der Waals surface area contributed by atoms with Gasteiger partial charge in [0.05, 0.1) is 12.2 Å². The van der Waals surface area contributed by atoms with Crippen LogP contribution in [-0.2, 0) is 4.79 Å². The zero-order valence-corrected chi connectivity index (χ0v) is 13.5. The smallest absolute Gasteiger partial charge is 0.243 e. The van der Waals surface area contributed by atoms with Gasteiger partial charge in [0.25, 0.3) is 0 Å². The first kappa shape index (κ1) is 17.1. The van der Waals surface area contributed by atoms with Crippen molar-refractivity contribution in [3.63, 3.8) is 0 Å². The van der Waals surface area contributed by atoms with E-state index in [-0.39, 0.29) is 6.54 Å². The van der Waals surface area contributed by atoms with Crippen molar-refractivity contribution in [2.24, 2.45) is 0 Å². The average molecular weight is 349 g/mol. The Bertz CT molecular complexity index is 759. The monoisotopic (exact) mass is 349 g/mol. The van der Waals surface area contributed by atoms with Gasteiger partial charge in [-0.25, -0.2) is 13.2 Å². The molecule has 25 heavy (non-hydrogen) atoms. The first-order valence-corrected chi connectivity index (χ1v) is 8.07. The summed E-state index contributed by atoms with van der Waals surface area (Å²) in [4.78, 5) is 14.1. The fourth-order valence-electron chi connectivity index (χ4n) is 2.76. The minimum Gasteiger partial charge on any atom is -0.376 e. The van der Waals surface area contributed by atoms with Crippen molar-refractivity contribution < 1.29 is 18.0 Å². The molecule has 0 aromatic heterocycles. The maximum absolute atomic E-state index is 13.5. The van der Waals surface area contributed by atoms with Crippen LogP contribution >= 0.6 is 0 Å². The molecule has 0 aliphatic carbocycles. The molecular weight excluding hydrogens is 331 g/mol. The molecule has 3 rings (SSSR count). The fraction of sp³-hybridized carbons (Fsp3) is 0.278. The lowest BCUT2D eigenvalue weighted by Gasteiger charge is -2.18. The maximum Gasteiger partial charge on any atom is 0.243 e. The number of carbonyl (C=O) groups is 1. The van der Waals surface area contributed by atoms with Crippen LogP contribution in [0.3, 0.4) is 0 Å². The number of amides is 1. The van der Waals surface area contributed by atoms with Crippen molar-refractivity contribution in [3.8, 4) is 0 Å². The van der Waals surface area contributed by atoms with E-state index in [2.05, 4.69) is 15.5 Å². The van der Waals surface area contributed by atoms with Gasteiger partial charge in [-0.1, -0.05) is 0 Å². The zero-order valence-electron chi connectivity index (χ0n) is 13.5. The Morgan fingerprint density at radius 1 is 0.960 bits per heavy atom. The normalized spacial score (nSPS) is 13.8. The summed E-state index contributed by atoms with van der Waals surface area (Å²) in [6.45, 7) is 1.98. The van der Waals surface area contributed by atoms with Gasteiger partial charge in [-0.05, 0) is 49.2 Å². The molecule has 4 nitrogen and oxygen atoms in total. The highest BCUT2D eigenvalue weighted by atomic mass is 19.2. The second kappa shape index (κ2) is 7.46. The standard InChI is InChI=1S/C18H18F3N3O/c19-14-7-8-15(18(21)17(14)20)23-16(25)11-22-12-3-5-13(6-4-12)24-9-1-2-10-24/h3-8,22H,1-2,9-11H2,(H,23,25). The van der Waals surface area contributed by atoms with Crippen LogP contribution in [0, 0.1) is 17.5 Å². The van der Waals surface area contributed by atoms with Gasteiger partial charge in [0, 0.05) is 24.5 Å². The number of rotatable bonds is 5. The topological polar surface area (TPSA) is 44.4 Å². The molecule has 1 heterocycles. The van der Waals surface area contributed by atoms with E-state index in [1.165, 1.54) is 12.8 Å². The van der Waals surface area contributed by atoms with E-state index < -0.39 is 29.0 Å². The molecule has 0 unspecified atom stereocenters. The molecule has 0 spiro atoms. The number of nitrogens with one attached hydrogen (secondary N) is 2. The van der Waals surface area contributed by atoms with E-state index in [0.29, 0.717) is 0 Å². The molecule has 1 saturated heterocycles. The number of benzene rings is 2. The van der Waals surface area contributed by atoms with Crippen LogP contribution in [0.15, 0.2) is 36.4 Å². The second-order valence-corrected chi connectivity index (χ2v) is 5.87. The predicted octanol–water partition coefficient (Wildman–Crippen LogP) is 3.75. The van der Waals surface area contributed by atoms with Crippen LogP contribution in [0.4, 0.5) is 30.2 Å². The van der Waals surface area contributed by atoms with Crippen molar-refractivity contribution in [1.29, 1.82) is 0 Å². The Morgan fingerprint density at radius 3 is 2.32 bits per heavy atom. The first-order chi connectivity index (χ1) is 12.0. The summed E-state index contributed by atoms with van der Waals surface area (Å²) in [5, 5.41) is 5.12. The average Bonchev–Trinajstić information content (AvgIpc) is 3.16. The highest BCUT2D eigenvalue weighted by Gasteiger charge is 2.15. The molecule has 1 aliphatic heterocycles. The van der Waals surface area contributed by atoms with Crippen LogP contribution in [0.5, 0.6) is 0 Å². The van der Waals surface area contributed by atoms with Crippen molar-refractivity contribution in [2.75, 3.05) is 35.2 Å². The molecule has 0 radical (unpaired) electrons. The molecule has 0 atom stereocenters. The molecule has 7 heteroatoms. The van der Waals surface area contributed by atoms with Gasteiger partial charge in [0.1, 0.15) is 0 Å². The quantitative estimate of drug-likeness (QED) is 0.808. The minimum atomic E-state index is -1.61. The van der Waals surface area contributed by atoms with Crippen molar-refractivity contribution in [2.45, 2.75) is 12.8 Å². The number of hydrogen-bond donors (Lipinski definition) is 2. The summed E-state index contributed by atoms with van der Waals surface area (Å²) in [6.07, 6.45) is 2.39. The summed E-state index contributed by atoms with van der Waals surface area (Å²) < 4.78 is 39.5. The van der Waals surface area contributed by atoms with Crippen LogP contribution in [-0.4, -0.2) is 25.5 Å². The van der Waals surface area contributed by atoms with Crippen LogP contribution in [0.25, 0.3) is 0 Å². The molecule has 2 N–H and O–H groups in total. The van der Waals surface area contributed by atoms with Gasteiger partial charge in [0.2, 0.25) is 5.91 Å². The Balaban J connectivity index is 1.54. The van der Waals surface area contributed by atoms with Crippen molar-refractivity contribution in [1.82, 2.24) is 0 Å². The molecule has 1 aliphatic rings. The minimum absolute atomic E-state index is 0.124. The number of nitrogens with zero attached hydrogens (tertiary/aromatic N) is 1. The summed E-state index contributed by atoms with van der Waals surface area (Å²) in [5.41, 5.74) is 1.48. The molecule has 0 bridgehead atoms. The van der Waals surface area contributed by atoms with Crippen LogP contribution < -0.4 is 15.5 Å². The maximum atomic E-state index is 13.5. The second-order valence-electron chi connectivity index (χ2n) is 5.87. The molecule has 1 amide bonds. The van der Waals surface area contributed by atoms with E-state index >= 15 is 0 Å². The highest BCUT2D eigenvalue weighted by Crippen LogP contribution is 2.22. The number of carbonyl (C=O) groups excluding carboxylic acids is 1. The summed E-state index contributed by atoms with van der Waals surface area (Å²) in [7, 11) is 0. The molecule has 1 fully saturated rings. The fourth-order valence-corrected chi connectivity index (χ4v) is 2.76. The molecular formula is C18H18F3N3O. The Hall–Kier alpha value is -2.70. The molecule has 2 aromatic carbocycles. The van der Waals surface area contributed by atoms with Gasteiger partial charge in [-0.3, -0.25) is 4.79 Å². The summed E-state index contributed by atoms with van der Waals surface area (Å²) in [5.74, 6) is -4.88. The number of hydrogen-bond acceptors (Lipinski definition) is 3. The van der Waals surface area contributed by atoms with E-state index in [9.17, 15) is 18.0 Å². The number of halogens is 3. The lowest BCUT2D eigenvalue weighted by atomic mass is 10.2. The molecule has 132 valence electrons. The summed E-state index contributed by atoms with van der Waals surface area (Å²) >= 11 is 0. The molecule has 0 saturated carbocycles. The van der Waals surface area contributed by atoms with E-state index in [0.717, 1.165) is 36.6 Å². The third kappa shape index (κ3) is 4.04. The van der Waals surface area contributed by atoms with Gasteiger partial charge >= 0.3 is 0 Å². The predicted molar refractivity (Wildman–Crippen MR) is 91.3 cm³/mol. The van der Waals surface area contributed by atoms with E-state index in [1.807, 2.05) is 24.3 Å². The Labute approximate surface area is 143 Å². The van der Waals surface area contributed by atoms with Gasteiger partial charge in [-0.2, -0.15) is 0 Å². The highest BCUT2D eigenvalue weighted by molar-refractivity contribution is 5.93. The molecule has 2 aromatic rings. The first-order valence-electron chi connectivity index (χ1n) is 8.07. The third-order valence-corrected chi connectivity index (χ3v) is 4.10. The van der Waals surface area contributed by atoms with E-state index in [1.54, 1.807) is 0 Å². The Morgan fingerprint density at radius 2 is 1.64 bits per heavy atom. The van der Waals surface area contributed by atoms with Gasteiger partial charge < -0.3 is 15.5 Å². The van der Waals surface area contributed by atoms with Crippen LogP contribution in [0.1, 0.15) is 12.8 Å². The van der Waals surface area contributed by atoms with Crippen LogP contribution in [0.2, 0.25) is 0 Å². The van der Waals surface area contributed by atoms with Crippen molar-refractivity contribution >= 4 is 23.0 Å². The van der Waals surface area contributed by atoms with E-state index in [4.69, 9.17) is 0 Å². The Kier molecular flexibility index (Phi) is 5.11. The van der Waals surface area contributed by atoms with Gasteiger partial charge in [0.15, 0.2) is 17.5 Å². The van der Waals surface area contributed by atoms with Crippen molar-refractivity contribution in [3.05, 3.63) is 53.8 Å². The lowest BCUT2D eigenvalue weighted by Crippen LogP contribution is -2.22. The summed E-state index contributed by atoms with van der Waals surface area (Å²) in [6, 6.07) is 9.41. The largest absolute Gasteiger partial charge is 0.376 e. The zero-order chi connectivity index (χ0) is 17.8. The lowest BCUT2D eigenvalue weighted by molar-refractivity contribution is -0.114. The SMILES string of the molecule is O=C(CNc1ccc(N2CCCC2)cc1)Nc1ccc(F)c(F)c1F. The number of anilines is 3. The van der Waals surface area contributed by atoms with Gasteiger partial charge in [-0.15, -0.1) is 0 Å². The third-order valence-electron chi connectivity index (χ3n) is 4.10.